The van der Waals surface area contributed by atoms with E-state index in [0.29, 0.717) is 35.3 Å². The number of benzene rings is 1. The Hall–Kier alpha value is -2.94. The van der Waals surface area contributed by atoms with Crippen LogP contribution in [0.4, 0.5) is 11.5 Å². The third-order valence-corrected chi connectivity index (χ3v) is 6.46. The maximum absolute atomic E-state index is 12.2. The molecule has 33 heavy (non-hydrogen) atoms. The lowest BCUT2D eigenvalue weighted by molar-refractivity contribution is -0.181. The summed E-state index contributed by atoms with van der Waals surface area (Å²) in [5.74, 6) is -0.271. The monoisotopic (exact) mass is 468 g/mol. The fraction of sp³-hybridized carbons (Fsp3) is 0.375. The van der Waals surface area contributed by atoms with Gasteiger partial charge in [-0.25, -0.2) is 4.79 Å². The SMILES string of the molecule is COC(=O)c1ccncc1Nc1cc(-c2cccc(Cl)c2)n(C2CCC3(CC2)OCCO3)n1. The van der Waals surface area contributed by atoms with E-state index in [1.165, 1.54) is 7.11 Å². The van der Waals surface area contributed by atoms with Gasteiger partial charge in [-0.05, 0) is 31.0 Å². The number of methoxy groups -OCH3 is 1. The Labute approximate surface area is 196 Å². The first-order valence-electron chi connectivity index (χ1n) is 11.0. The number of carbonyl (C=O) groups is 1. The summed E-state index contributed by atoms with van der Waals surface area (Å²) in [4.78, 5) is 16.3. The number of aromatic nitrogens is 3. The van der Waals surface area contributed by atoms with E-state index in [-0.39, 0.29) is 6.04 Å². The molecule has 5 rings (SSSR count). The maximum atomic E-state index is 12.2. The third-order valence-electron chi connectivity index (χ3n) is 6.22. The van der Waals surface area contributed by atoms with Crippen LogP contribution in [-0.2, 0) is 14.2 Å². The summed E-state index contributed by atoms with van der Waals surface area (Å²) in [5.41, 5.74) is 2.83. The highest BCUT2D eigenvalue weighted by atomic mass is 35.5. The van der Waals surface area contributed by atoms with E-state index < -0.39 is 11.8 Å². The van der Waals surface area contributed by atoms with Gasteiger partial charge < -0.3 is 19.5 Å². The number of carbonyl (C=O) groups excluding carboxylic acids is 1. The number of rotatable bonds is 5. The molecule has 1 saturated heterocycles. The minimum atomic E-state index is -0.441. The lowest BCUT2D eigenvalue weighted by atomic mass is 9.90. The van der Waals surface area contributed by atoms with Gasteiger partial charge in [0.25, 0.3) is 0 Å². The molecule has 2 fully saturated rings. The van der Waals surface area contributed by atoms with Gasteiger partial charge in [0.15, 0.2) is 11.6 Å². The third kappa shape index (κ3) is 4.46. The first kappa shape index (κ1) is 21.9. The summed E-state index contributed by atoms with van der Waals surface area (Å²) in [7, 11) is 1.35. The number of esters is 1. The zero-order chi connectivity index (χ0) is 22.8. The summed E-state index contributed by atoms with van der Waals surface area (Å²) in [6, 6.07) is 11.5. The fourth-order valence-electron chi connectivity index (χ4n) is 4.59. The Morgan fingerprint density at radius 1 is 1.21 bits per heavy atom. The van der Waals surface area contributed by atoms with E-state index in [1.54, 1.807) is 18.5 Å². The van der Waals surface area contributed by atoms with E-state index in [4.69, 9.17) is 30.9 Å². The predicted molar refractivity (Wildman–Crippen MR) is 124 cm³/mol. The van der Waals surface area contributed by atoms with Crippen LogP contribution in [0, 0.1) is 0 Å². The molecule has 1 spiro atoms. The predicted octanol–water partition coefficient (Wildman–Crippen LogP) is 4.99. The number of ether oxygens (including phenoxy) is 3. The second-order valence-electron chi connectivity index (χ2n) is 8.25. The fourth-order valence-corrected chi connectivity index (χ4v) is 4.78. The maximum Gasteiger partial charge on any atom is 0.340 e. The summed E-state index contributed by atoms with van der Waals surface area (Å²) >= 11 is 6.28. The molecule has 0 bridgehead atoms. The molecule has 8 nitrogen and oxygen atoms in total. The Kier molecular flexibility index (Phi) is 6.05. The summed E-state index contributed by atoms with van der Waals surface area (Å²) in [6.07, 6.45) is 6.56. The highest BCUT2D eigenvalue weighted by molar-refractivity contribution is 6.30. The van der Waals surface area contributed by atoms with E-state index in [9.17, 15) is 4.79 Å². The highest BCUT2D eigenvalue weighted by Crippen LogP contribution is 2.42. The zero-order valence-corrected chi connectivity index (χ0v) is 19.0. The molecular formula is C24H25ClN4O4. The van der Waals surface area contributed by atoms with Gasteiger partial charge in [0.2, 0.25) is 0 Å². The van der Waals surface area contributed by atoms with Crippen LogP contribution in [0.1, 0.15) is 42.1 Å². The van der Waals surface area contributed by atoms with Crippen LogP contribution in [0.3, 0.4) is 0 Å². The molecule has 0 unspecified atom stereocenters. The minimum Gasteiger partial charge on any atom is -0.465 e. The highest BCUT2D eigenvalue weighted by Gasteiger charge is 2.41. The van der Waals surface area contributed by atoms with Crippen LogP contribution in [0.2, 0.25) is 5.02 Å². The van der Waals surface area contributed by atoms with Crippen LogP contribution < -0.4 is 5.32 Å². The molecule has 172 valence electrons. The van der Waals surface area contributed by atoms with E-state index in [2.05, 4.69) is 10.3 Å². The van der Waals surface area contributed by atoms with Gasteiger partial charge in [-0.2, -0.15) is 5.10 Å². The van der Waals surface area contributed by atoms with Crippen molar-refractivity contribution in [3.8, 4) is 11.3 Å². The molecule has 0 atom stereocenters. The second kappa shape index (κ2) is 9.13. The molecule has 2 aromatic heterocycles. The molecular weight excluding hydrogens is 444 g/mol. The Balaban J connectivity index is 1.48. The van der Waals surface area contributed by atoms with Crippen LogP contribution in [0.25, 0.3) is 11.3 Å². The Morgan fingerprint density at radius 2 is 2.00 bits per heavy atom. The number of halogens is 1. The van der Waals surface area contributed by atoms with Crippen molar-refractivity contribution in [3.05, 3.63) is 59.4 Å². The van der Waals surface area contributed by atoms with Crippen molar-refractivity contribution in [2.45, 2.75) is 37.5 Å². The average molecular weight is 469 g/mol. The second-order valence-corrected chi connectivity index (χ2v) is 8.68. The summed E-state index contributed by atoms with van der Waals surface area (Å²) in [6.45, 7) is 1.31. The van der Waals surface area contributed by atoms with Crippen molar-refractivity contribution in [1.29, 1.82) is 0 Å². The molecule has 1 N–H and O–H groups in total. The van der Waals surface area contributed by atoms with Gasteiger partial charge in [0.05, 0.1) is 49.5 Å². The minimum absolute atomic E-state index is 0.182. The van der Waals surface area contributed by atoms with Crippen LogP contribution >= 0.6 is 11.6 Å². The number of nitrogens with one attached hydrogen (secondary N) is 1. The largest absolute Gasteiger partial charge is 0.465 e. The normalized spacial score (nSPS) is 17.9. The lowest BCUT2D eigenvalue weighted by Crippen LogP contribution is -2.36. The van der Waals surface area contributed by atoms with Crippen molar-refractivity contribution >= 4 is 29.1 Å². The quantitative estimate of drug-likeness (QED) is 0.528. The van der Waals surface area contributed by atoms with Crippen molar-refractivity contribution in [2.75, 3.05) is 25.6 Å². The van der Waals surface area contributed by atoms with Crippen molar-refractivity contribution < 1.29 is 19.0 Å². The Bertz CT molecular complexity index is 1150. The van der Waals surface area contributed by atoms with Gasteiger partial charge >= 0.3 is 5.97 Å². The lowest BCUT2D eigenvalue weighted by Gasteiger charge is -2.35. The molecule has 1 aliphatic heterocycles. The number of pyridine rings is 1. The Morgan fingerprint density at radius 3 is 2.73 bits per heavy atom. The molecule has 0 amide bonds. The number of nitrogens with zero attached hydrogens (tertiary/aromatic N) is 3. The van der Waals surface area contributed by atoms with Gasteiger partial charge in [-0.3, -0.25) is 9.67 Å². The van der Waals surface area contributed by atoms with Crippen LogP contribution in [0.5, 0.6) is 0 Å². The molecule has 1 aliphatic carbocycles. The molecule has 2 aliphatic rings. The first-order chi connectivity index (χ1) is 16.1. The van der Waals surface area contributed by atoms with Gasteiger partial charge in [0.1, 0.15) is 0 Å². The van der Waals surface area contributed by atoms with E-state index in [0.717, 1.165) is 36.9 Å². The van der Waals surface area contributed by atoms with Crippen molar-refractivity contribution in [3.63, 3.8) is 0 Å². The molecule has 9 heteroatoms. The number of hydrogen-bond acceptors (Lipinski definition) is 7. The zero-order valence-electron chi connectivity index (χ0n) is 18.3. The first-order valence-corrected chi connectivity index (χ1v) is 11.4. The molecule has 3 aromatic rings. The van der Waals surface area contributed by atoms with Crippen LogP contribution in [-0.4, -0.2) is 46.8 Å². The number of anilines is 2. The molecule has 1 saturated carbocycles. The standard InChI is InChI=1S/C24H25ClN4O4/c1-31-23(30)19-7-10-26-15-20(19)27-22-14-21(16-3-2-4-17(25)13-16)29(28-22)18-5-8-24(9-6-18)32-11-12-33-24/h2-4,7,10,13-15,18H,5-6,8-9,11-12H2,1H3,(H,27,28). The summed E-state index contributed by atoms with van der Waals surface area (Å²) < 4.78 is 18.7. The van der Waals surface area contributed by atoms with E-state index in [1.807, 2.05) is 35.0 Å². The number of hydrogen-bond donors (Lipinski definition) is 1. The topological polar surface area (TPSA) is 87.5 Å². The van der Waals surface area contributed by atoms with Gasteiger partial charge in [0, 0.05) is 35.7 Å². The molecule has 0 radical (unpaired) electrons. The summed E-state index contributed by atoms with van der Waals surface area (Å²) in [5, 5.41) is 8.78. The van der Waals surface area contributed by atoms with Gasteiger partial charge in [-0.1, -0.05) is 23.7 Å². The molecule has 3 heterocycles. The van der Waals surface area contributed by atoms with Crippen LogP contribution in [0.15, 0.2) is 48.8 Å². The van der Waals surface area contributed by atoms with Crippen molar-refractivity contribution in [2.24, 2.45) is 0 Å². The van der Waals surface area contributed by atoms with E-state index >= 15 is 0 Å². The molecule has 1 aromatic carbocycles. The smallest absolute Gasteiger partial charge is 0.340 e. The van der Waals surface area contributed by atoms with Crippen molar-refractivity contribution in [1.82, 2.24) is 14.8 Å². The average Bonchev–Trinajstić information content (AvgIpc) is 3.47. The van der Waals surface area contributed by atoms with Gasteiger partial charge in [-0.15, -0.1) is 0 Å².